The number of aromatic nitrogens is 4. The van der Waals surface area contributed by atoms with Gasteiger partial charge in [0.1, 0.15) is 6.33 Å². The smallest absolute Gasteiger partial charge is 0.369 e. The van der Waals surface area contributed by atoms with Crippen molar-refractivity contribution in [1.82, 2.24) is 19.7 Å². The first-order chi connectivity index (χ1) is 8.13. The zero-order valence-corrected chi connectivity index (χ0v) is 10.6. The average Bonchev–Trinajstić information content (AvgIpc) is 2.88. The highest BCUT2D eigenvalue weighted by Crippen LogP contribution is 2.18. The summed E-state index contributed by atoms with van der Waals surface area (Å²) in [5, 5.41) is 8.64. The number of hydrogen-bond acceptors (Lipinski definition) is 6. The summed E-state index contributed by atoms with van der Waals surface area (Å²) in [6, 6.07) is 0. The fraction of sp³-hybridized carbons (Fsp3) is 0.400. The van der Waals surface area contributed by atoms with Gasteiger partial charge in [-0.2, -0.15) is 0 Å². The number of carbonyl (C=O) groups excluding carboxylic acids is 1. The van der Waals surface area contributed by atoms with Crippen LogP contribution in [0.5, 0.6) is 0 Å². The molecule has 7 heteroatoms. The minimum Gasteiger partial charge on any atom is -0.461 e. The maximum Gasteiger partial charge on any atom is 0.369 e. The second-order valence-corrected chi connectivity index (χ2v) is 4.35. The van der Waals surface area contributed by atoms with Gasteiger partial charge < -0.3 is 4.74 Å². The van der Waals surface area contributed by atoms with E-state index in [4.69, 9.17) is 4.74 Å². The number of hydrogen-bond donors (Lipinski definition) is 0. The zero-order valence-electron chi connectivity index (χ0n) is 9.80. The molecule has 0 aliphatic heterocycles. The maximum atomic E-state index is 11.4. The van der Waals surface area contributed by atoms with Crippen LogP contribution in [0, 0.1) is 13.8 Å². The van der Waals surface area contributed by atoms with Crippen molar-refractivity contribution in [3.63, 3.8) is 0 Å². The summed E-state index contributed by atoms with van der Waals surface area (Å²) in [4.78, 5) is 15.6. The van der Waals surface area contributed by atoms with E-state index < -0.39 is 5.97 Å². The van der Waals surface area contributed by atoms with Crippen LogP contribution in [0.1, 0.15) is 28.1 Å². The molecule has 2 aromatic rings. The van der Waals surface area contributed by atoms with Crippen molar-refractivity contribution in [2.75, 3.05) is 6.61 Å². The largest absolute Gasteiger partial charge is 0.461 e. The molecule has 90 valence electrons. The van der Waals surface area contributed by atoms with E-state index in [0.717, 1.165) is 11.4 Å². The molecule has 2 rings (SSSR count). The van der Waals surface area contributed by atoms with E-state index >= 15 is 0 Å². The van der Waals surface area contributed by atoms with Crippen molar-refractivity contribution in [3.05, 3.63) is 22.7 Å². The molecule has 0 unspecified atom stereocenters. The van der Waals surface area contributed by atoms with Crippen LogP contribution in [0.4, 0.5) is 0 Å². The number of carbonyl (C=O) groups is 1. The fourth-order valence-electron chi connectivity index (χ4n) is 1.28. The Morgan fingerprint density at radius 2 is 2.24 bits per heavy atom. The molecule has 2 aromatic heterocycles. The van der Waals surface area contributed by atoms with Crippen LogP contribution in [-0.2, 0) is 4.74 Å². The maximum absolute atomic E-state index is 11.4. The van der Waals surface area contributed by atoms with Gasteiger partial charge in [0.2, 0.25) is 10.1 Å². The van der Waals surface area contributed by atoms with Crippen LogP contribution in [-0.4, -0.2) is 32.3 Å². The first kappa shape index (κ1) is 11.7. The van der Waals surface area contributed by atoms with Gasteiger partial charge in [-0.25, -0.2) is 9.78 Å². The Bertz CT molecular complexity index is 546. The van der Waals surface area contributed by atoms with Crippen molar-refractivity contribution in [3.8, 4) is 5.13 Å². The summed E-state index contributed by atoms with van der Waals surface area (Å²) in [5.74, 6) is -0.439. The van der Waals surface area contributed by atoms with Gasteiger partial charge in [0, 0.05) is 5.69 Å². The normalized spacial score (nSPS) is 10.5. The minimum atomic E-state index is -0.439. The Hall–Kier alpha value is -1.76. The number of nitrogens with zero attached hydrogens (tertiary/aromatic N) is 4. The summed E-state index contributed by atoms with van der Waals surface area (Å²) < 4.78 is 6.66. The molecule has 0 amide bonds. The molecule has 0 aliphatic carbocycles. The van der Waals surface area contributed by atoms with E-state index in [9.17, 15) is 4.79 Å². The highest BCUT2D eigenvalue weighted by Gasteiger charge is 2.16. The lowest BCUT2D eigenvalue weighted by atomic mass is 10.4. The van der Waals surface area contributed by atoms with Crippen molar-refractivity contribution in [2.45, 2.75) is 20.8 Å². The van der Waals surface area contributed by atoms with Gasteiger partial charge >= 0.3 is 5.97 Å². The van der Waals surface area contributed by atoms with Gasteiger partial charge in [-0.05, 0) is 20.8 Å². The van der Waals surface area contributed by atoms with Gasteiger partial charge in [-0.3, -0.25) is 4.57 Å². The van der Waals surface area contributed by atoms with Crippen LogP contribution in [0.15, 0.2) is 6.33 Å². The van der Waals surface area contributed by atoms with Gasteiger partial charge in [0.25, 0.3) is 0 Å². The SMILES string of the molecule is CCOC(=O)c1nnc(-n2cnc(C)c2C)s1. The molecule has 6 nitrogen and oxygen atoms in total. The summed E-state index contributed by atoms with van der Waals surface area (Å²) in [7, 11) is 0. The third kappa shape index (κ3) is 2.19. The number of rotatable bonds is 3. The molecule has 17 heavy (non-hydrogen) atoms. The Kier molecular flexibility index (Phi) is 3.19. The van der Waals surface area contributed by atoms with Gasteiger partial charge in [-0.15, -0.1) is 10.2 Å². The summed E-state index contributed by atoms with van der Waals surface area (Å²) in [6.45, 7) is 5.94. The average molecular weight is 252 g/mol. The third-order valence-electron chi connectivity index (χ3n) is 2.32. The molecule has 2 heterocycles. The van der Waals surface area contributed by atoms with E-state index in [1.165, 1.54) is 11.3 Å². The standard InChI is InChI=1S/C10H12N4O2S/c1-4-16-9(15)8-12-13-10(17-8)14-5-11-6(2)7(14)3/h5H,4H2,1-3H3. The predicted octanol–water partition coefficient (Wildman–Crippen LogP) is 1.52. The third-order valence-corrected chi connectivity index (χ3v) is 3.22. The monoisotopic (exact) mass is 252 g/mol. The van der Waals surface area contributed by atoms with E-state index in [2.05, 4.69) is 15.2 Å². The number of aryl methyl sites for hydroxylation is 1. The molecule has 0 radical (unpaired) electrons. The second kappa shape index (κ2) is 4.62. The molecular weight excluding hydrogens is 240 g/mol. The van der Waals surface area contributed by atoms with Crippen molar-refractivity contribution in [1.29, 1.82) is 0 Å². The van der Waals surface area contributed by atoms with Crippen LogP contribution in [0.3, 0.4) is 0 Å². The highest BCUT2D eigenvalue weighted by atomic mass is 32.1. The Morgan fingerprint density at radius 3 is 2.82 bits per heavy atom. The van der Waals surface area contributed by atoms with Crippen LogP contribution < -0.4 is 0 Å². The lowest BCUT2D eigenvalue weighted by Gasteiger charge is -1.98. The fourth-order valence-corrected chi connectivity index (χ4v) is 2.04. The van der Waals surface area contributed by atoms with Crippen LogP contribution in [0.2, 0.25) is 0 Å². The summed E-state index contributed by atoms with van der Waals surface area (Å²) in [6.07, 6.45) is 1.67. The molecular formula is C10H12N4O2S. The van der Waals surface area contributed by atoms with Gasteiger partial charge in [-0.1, -0.05) is 11.3 Å². The Balaban J connectivity index is 2.30. The van der Waals surface area contributed by atoms with E-state index in [1.807, 2.05) is 13.8 Å². The predicted molar refractivity (Wildman–Crippen MR) is 62.5 cm³/mol. The topological polar surface area (TPSA) is 69.9 Å². The van der Waals surface area contributed by atoms with Crippen molar-refractivity contribution in [2.24, 2.45) is 0 Å². The summed E-state index contributed by atoms with van der Waals surface area (Å²) in [5.41, 5.74) is 1.91. The van der Waals surface area contributed by atoms with Gasteiger partial charge in [0.15, 0.2) is 0 Å². The molecule has 0 saturated carbocycles. The Morgan fingerprint density at radius 1 is 1.47 bits per heavy atom. The molecule has 0 bridgehead atoms. The number of ether oxygens (including phenoxy) is 1. The molecule has 0 saturated heterocycles. The molecule has 0 atom stereocenters. The zero-order chi connectivity index (χ0) is 12.4. The first-order valence-electron chi connectivity index (χ1n) is 5.15. The summed E-state index contributed by atoms with van der Waals surface area (Å²) >= 11 is 1.19. The highest BCUT2D eigenvalue weighted by molar-refractivity contribution is 7.15. The second-order valence-electron chi connectivity index (χ2n) is 3.40. The molecule has 0 fully saturated rings. The minimum absolute atomic E-state index is 0.257. The quantitative estimate of drug-likeness (QED) is 0.774. The van der Waals surface area contributed by atoms with E-state index in [0.29, 0.717) is 11.7 Å². The Labute approximate surface area is 102 Å². The van der Waals surface area contributed by atoms with Crippen molar-refractivity contribution < 1.29 is 9.53 Å². The molecule has 0 aromatic carbocycles. The first-order valence-corrected chi connectivity index (χ1v) is 5.96. The molecule has 0 aliphatic rings. The number of imidazole rings is 1. The van der Waals surface area contributed by atoms with E-state index in [1.54, 1.807) is 17.8 Å². The van der Waals surface area contributed by atoms with Crippen LogP contribution >= 0.6 is 11.3 Å². The number of esters is 1. The molecule has 0 spiro atoms. The van der Waals surface area contributed by atoms with Crippen LogP contribution in [0.25, 0.3) is 5.13 Å². The van der Waals surface area contributed by atoms with Crippen molar-refractivity contribution >= 4 is 17.3 Å². The van der Waals surface area contributed by atoms with Gasteiger partial charge in [0.05, 0.1) is 12.3 Å². The van der Waals surface area contributed by atoms with E-state index in [-0.39, 0.29) is 5.01 Å². The lowest BCUT2D eigenvalue weighted by molar-refractivity contribution is 0.0525. The lowest BCUT2D eigenvalue weighted by Crippen LogP contribution is -2.03. The molecule has 0 N–H and O–H groups in total.